The molecule has 1 aromatic carbocycles. The molecular formula is C14H15ClN2S. The van der Waals surface area contributed by atoms with Crippen LogP contribution in [0.1, 0.15) is 35.0 Å². The van der Waals surface area contributed by atoms with E-state index in [9.17, 15) is 0 Å². The molecule has 0 fully saturated rings. The summed E-state index contributed by atoms with van der Waals surface area (Å²) in [5, 5.41) is 4.66. The van der Waals surface area contributed by atoms with Gasteiger partial charge in [0.15, 0.2) is 0 Å². The summed E-state index contributed by atoms with van der Waals surface area (Å²) in [6.45, 7) is 0.802. The molecule has 94 valence electrons. The van der Waals surface area contributed by atoms with Crippen LogP contribution < -0.4 is 5.32 Å². The number of fused-ring (bicyclic) bond motifs is 1. The minimum absolute atomic E-state index is 0.456. The first-order valence-electron chi connectivity index (χ1n) is 6.24. The van der Waals surface area contributed by atoms with Crippen LogP contribution in [0.5, 0.6) is 0 Å². The molecule has 2 aromatic rings. The second-order valence-corrected chi connectivity index (χ2v) is 6.33. The zero-order valence-electron chi connectivity index (χ0n) is 10.0. The Bertz CT molecular complexity index is 538. The Hall–Kier alpha value is -0.900. The predicted octanol–water partition coefficient (Wildman–Crippen LogP) is 3.96. The van der Waals surface area contributed by atoms with E-state index in [0.29, 0.717) is 6.04 Å². The van der Waals surface area contributed by atoms with Gasteiger partial charge in [0.1, 0.15) is 9.34 Å². The molecule has 1 heterocycles. The van der Waals surface area contributed by atoms with Crippen molar-refractivity contribution in [3.63, 3.8) is 0 Å². The van der Waals surface area contributed by atoms with Crippen LogP contribution in [0.15, 0.2) is 30.5 Å². The van der Waals surface area contributed by atoms with Gasteiger partial charge in [0.2, 0.25) is 0 Å². The summed E-state index contributed by atoms with van der Waals surface area (Å²) >= 11 is 7.44. The molecule has 1 aromatic heterocycles. The summed E-state index contributed by atoms with van der Waals surface area (Å²) in [6.07, 6.45) is 5.39. The van der Waals surface area contributed by atoms with Gasteiger partial charge < -0.3 is 5.32 Å². The Morgan fingerprint density at radius 1 is 1.39 bits per heavy atom. The predicted molar refractivity (Wildman–Crippen MR) is 76.1 cm³/mol. The number of halogens is 1. The van der Waals surface area contributed by atoms with Crippen LogP contribution in [-0.4, -0.2) is 4.98 Å². The van der Waals surface area contributed by atoms with Crippen molar-refractivity contribution in [1.29, 1.82) is 0 Å². The second kappa shape index (κ2) is 5.39. The molecule has 18 heavy (non-hydrogen) atoms. The van der Waals surface area contributed by atoms with Crippen molar-refractivity contribution in [3.8, 4) is 0 Å². The molecule has 0 spiro atoms. The van der Waals surface area contributed by atoms with Gasteiger partial charge in [0.05, 0.1) is 6.20 Å². The number of thiazole rings is 1. The summed E-state index contributed by atoms with van der Waals surface area (Å²) < 4.78 is 0.760. The zero-order chi connectivity index (χ0) is 12.4. The van der Waals surface area contributed by atoms with Crippen LogP contribution in [0.3, 0.4) is 0 Å². The maximum Gasteiger partial charge on any atom is 0.113 e. The lowest BCUT2D eigenvalue weighted by Crippen LogP contribution is -2.24. The van der Waals surface area contributed by atoms with Gasteiger partial charge in [-0.3, -0.25) is 0 Å². The molecule has 3 rings (SSSR count). The minimum Gasteiger partial charge on any atom is -0.304 e. The number of benzene rings is 1. The molecule has 4 heteroatoms. The third-order valence-corrected chi connectivity index (χ3v) is 4.51. The smallest absolute Gasteiger partial charge is 0.113 e. The molecule has 1 unspecified atom stereocenters. The standard InChI is InChI=1S/C14H15ClN2S/c15-13-8-17-14(18-13)9-16-12-7-3-5-10-4-1-2-6-11(10)12/h1-2,4,6,8,12,16H,3,5,7,9H2. The number of aryl methyl sites for hydroxylation is 1. The Morgan fingerprint density at radius 2 is 2.28 bits per heavy atom. The van der Waals surface area contributed by atoms with Crippen molar-refractivity contribution in [2.24, 2.45) is 0 Å². The van der Waals surface area contributed by atoms with Gasteiger partial charge in [-0.15, -0.1) is 11.3 Å². The fourth-order valence-corrected chi connectivity index (χ4v) is 3.45. The molecule has 0 saturated heterocycles. The molecule has 2 nitrogen and oxygen atoms in total. The van der Waals surface area contributed by atoms with E-state index in [1.165, 1.54) is 30.4 Å². The van der Waals surface area contributed by atoms with E-state index in [4.69, 9.17) is 11.6 Å². The molecular weight excluding hydrogens is 264 g/mol. The number of nitrogens with zero attached hydrogens (tertiary/aromatic N) is 1. The van der Waals surface area contributed by atoms with E-state index in [1.54, 1.807) is 17.5 Å². The average Bonchev–Trinajstić information content (AvgIpc) is 2.82. The van der Waals surface area contributed by atoms with Crippen molar-refractivity contribution in [3.05, 3.63) is 50.9 Å². The molecule has 0 radical (unpaired) electrons. The Kier molecular flexibility index (Phi) is 3.64. The van der Waals surface area contributed by atoms with E-state index in [2.05, 4.69) is 34.6 Å². The maximum atomic E-state index is 5.89. The summed E-state index contributed by atoms with van der Waals surface area (Å²) in [5.41, 5.74) is 2.94. The van der Waals surface area contributed by atoms with Crippen molar-refractivity contribution in [2.45, 2.75) is 31.8 Å². The van der Waals surface area contributed by atoms with Crippen molar-refractivity contribution < 1.29 is 0 Å². The number of hydrogen-bond acceptors (Lipinski definition) is 3. The number of aromatic nitrogens is 1. The Morgan fingerprint density at radius 3 is 3.11 bits per heavy atom. The van der Waals surface area contributed by atoms with Gasteiger partial charge in [0, 0.05) is 12.6 Å². The van der Waals surface area contributed by atoms with Gasteiger partial charge in [-0.05, 0) is 30.4 Å². The van der Waals surface area contributed by atoms with Gasteiger partial charge in [-0.25, -0.2) is 4.98 Å². The number of nitrogens with one attached hydrogen (secondary N) is 1. The Labute approximate surface area is 116 Å². The highest BCUT2D eigenvalue weighted by molar-refractivity contribution is 7.15. The van der Waals surface area contributed by atoms with Gasteiger partial charge >= 0.3 is 0 Å². The maximum absolute atomic E-state index is 5.89. The first-order chi connectivity index (χ1) is 8.83. The first-order valence-corrected chi connectivity index (χ1v) is 7.44. The second-order valence-electron chi connectivity index (χ2n) is 4.58. The lowest BCUT2D eigenvalue weighted by molar-refractivity contribution is 0.458. The monoisotopic (exact) mass is 278 g/mol. The van der Waals surface area contributed by atoms with Crippen molar-refractivity contribution >= 4 is 22.9 Å². The van der Waals surface area contributed by atoms with Crippen LogP contribution in [0.25, 0.3) is 0 Å². The molecule has 1 atom stereocenters. The van der Waals surface area contributed by atoms with Crippen molar-refractivity contribution in [1.82, 2.24) is 10.3 Å². The molecule has 1 aliphatic carbocycles. The lowest BCUT2D eigenvalue weighted by atomic mass is 9.88. The van der Waals surface area contributed by atoms with Gasteiger partial charge in [-0.2, -0.15) is 0 Å². The third-order valence-electron chi connectivity index (χ3n) is 3.39. The van der Waals surface area contributed by atoms with E-state index in [0.717, 1.165) is 15.9 Å². The molecule has 0 bridgehead atoms. The third kappa shape index (κ3) is 2.58. The average molecular weight is 279 g/mol. The largest absolute Gasteiger partial charge is 0.304 e. The van der Waals surface area contributed by atoms with E-state index >= 15 is 0 Å². The summed E-state index contributed by atoms with van der Waals surface area (Å²) in [5.74, 6) is 0. The first kappa shape index (κ1) is 12.2. The summed E-state index contributed by atoms with van der Waals surface area (Å²) in [4.78, 5) is 4.28. The summed E-state index contributed by atoms with van der Waals surface area (Å²) in [6, 6.07) is 9.18. The topological polar surface area (TPSA) is 24.9 Å². The molecule has 1 aliphatic rings. The lowest BCUT2D eigenvalue weighted by Gasteiger charge is -2.26. The summed E-state index contributed by atoms with van der Waals surface area (Å²) in [7, 11) is 0. The quantitative estimate of drug-likeness (QED) is 0.919. The van der Waals surface area contributed by atoms with Crippen LogP contribution in [0.4, 0.5) is 0 Å². The van der Waals surface area contributed by atoms with Crippen LogP contribution in [0, 0.1) is 0 Å². The minimum atomic E-state index is 0.456. The van der Waals surface area contributed by atoms with Crippen molar-refractivity contribution in [2.75, 3.05) is 0 Å². The highest BCUT2D eigenvalue weighted by Gasteiger charge is 2.19. The fraction of sp³-hybridized carbons (Fsp3) is 0.357. The normalized spacial score (nSPS) is 18.6. The molecule has 0 saturated carbocycles. The number of hydrogen-bond donors (Lipinski definition) is 1. The van der Waals surface area contributed by atoms with Gasteiger partial charge in [-0.1, -0.05) is 35.9 Å². The van der Waals surface area contributed by atoms with E-state index in [1.807, 2.05) is 0 Å². The van der Waals surface area contributed by atoms with Crippen LogP contribution >= 0.6 is 22.9 Å². The van der Waals surface area contributed by atoms with Crippen LogP contribution in [-0.2, 0) is 13.0 Å². The fourth-order valence-electron chi connectivity index (χ4n) is 2.55. The molecule has 1 N–H and O–H groups in total. The number of rotatable bonds is 3. The Balaban J connectivity index is 1.71. The van der Waals surface area contributed by atoms with E-state index < -0.39 is 0 Å². The highest BCUT2D eigenvalue weighted by atomic mass is 35.5. The molecule has 0 aliphatic heterocycles. The highest BCUT2D eigenvalue weighted by Crippen LogP contribution is 2.30. The van der Waals surface area contributed by atoms with Gasteiger partial charge in [0.25, 0.3) is 0 Å². The zero-order valence-corrected chi connectivity index (χ0v) is 11.6. The van der Waals surface area contributed by atoms with Crippen LogP contribution in [0.2, 0.25) is 4.34 Å². The van der Waals surface area contributed by atoms with E-state index in [-0.39, 0.29) is 0 Å². The molecule has 0 amide bonds. The SMILES string of the molecule is Clc1cnc(CNC2CCCc3ccccc32)s1.